The number of carbonyl (C=O) groups is 3. The second-order valence-electron chi connectivity index (χ2n) is 14.2. The third-order valence-electron chi connectivity index (χ3n) is 8.47. The first kappa shape index (κ1) is 49.8. The zero-order chi connectivity index (χ0) is 41.8. The average molecular weight is 849 g/mol. The average Bonchev–Trinajstić information content (AvgIpc) is 3.59. The number of halogens is 1. The Morgan fingerprint density at radius 1 is 1.00 bits per heavy atom. The van der Waals surface area contributed by atoms with Crippen molar-refractivity contribution in [1.82, 2.24) is 20.3 Å². The van der Waals surface area contributed by atoms with Crippen LogP contribution < -0.4 is 5.32 Å². The molecule has 7 atom stereocenters. The molecular formula is C33H58ClN4O17P. The lowest BCUT2D eigenvalue weighted by Gasteiger charge is -2.39. The summed E-state index contributed by atoms with van der Waals surface area (Å²) in [6.07, 6.45) is -1.49. The number of aromatic nitrogens is 3. The van der Waals surface area contributed by atoms with Gasteiger partial charge in [0.2, 0.25) is 5.91 Å². The van der Waals surface area contributed by atoms with Gasteiger partial charge in [0.05, 0.1) is 49.9 Å². The predicted octanol–water partition coefficient (Wildman–Crippen LogP) is 0.735. The van der Waals surface area contributed by atoms with Crippen LogP contribution in [0.5, 0.6) is 0 Å². The number of phosphoric acid groups is 1. The van der Waals surface area contributed by atoms with Crippen LogP contribution in [-0.4, -0.2) is 159 Å². The van der Waals surface area contributed by atoms with Crippen molar-refractivity contribution in [2.24, 2.45) is 0 Å². The number of ether oxygens (including phenoxy) is 6. The van der Waals surface area contributed by atoms with Crippen LogP contribution in [0.3, 0.4) is 0 Å². The Bertz CT molecular complexity index is 1360. The molecule has 0 radical (unpaired) electrons. The van der Waals surface area contributed by atoms with Gasteiger partial charge in [0.1, 0.15) is 31.0 Å². The Kier molecular flexibility index (Phi) is 22.4. The van der Waals surface area contributed by atoms with Crippen LogP contribution in [0.1, 0.15) is 71.9 Å². The van der Waals surface area contributed by atoms with Crippen molar-refractivity contribution in [2.45, 2.75) is 127 Å². The molecule has 1 aromatic rings. The summed E-state index contributed by atoms with van der Waals surface area (Å²) in [5.74, 6) is -0.369. The number of carbonyl (C=O) groups excluding carboxylic acids is 3. The summed E-state index contributed by atoms with van der Waals surface area (Å²) < 4.78 is 55.2. The fraction of sp³-hybridized carbons (Fsp3) is 0.848. The molecule has 23 heteroatoms. The molecule has 1 aromatic heterocycles. The van der Waals surface area contributed by atoms with Crippen molar-refractivity contribution < 1.29 is 81.7 Å². The molecule has 21 nitrogen and oxygen atoms in total. The summed E-state index contributed by atoms with van der Waals surface area (Å²) in [4.78, 5) is 43.2. The van der Waals surface area contributed by atoms with Gasteiger partial charge in [-0.1, -0.05) is 11.6 Å². The van der Waals surface area contributed by atoms with Crippen LogP contribution in [0.15, 0.2) is 6.20 Å². The van der Waals surface area contributed by atoms with E-state index >= 15 is 0 Å². The molecule has 1 aliphatic rings. The molecule has 2 rings (SSSR count). The van der Waals surface area contributed by atoms with Crippen molar-refractivity contribution in [3.8, 4) is 0 Å². The number of aryl methyl sites for hydroxylation is 2. The van der Waals surface area contributed by atoms with Crippen molar-refractivity contribution >= 4 is 37.2 Å². The summed E-state index contributed by atoms with van der Waals surface area (Å²) in [5, 5.41) is 50.1. The van der Waals surface area contributed by atoms with Gasteiger partial charge in [-0.3, -0.25) is 23.3 Å². The van der Waals surface area contributed by atoms with E-state index in [0.717, 1.165) is 18.5 Å². The minimum absolute atomic E-state index is 0.0329. The van der Waals surface area contributed by atoms with Crippen LogP contribution in [0, 0.1) is 0 Å². The van der Waals surface area contributed by atoms with Crippen molar-refractivity contribution in [1.29, 1.82) is 0 Å². The Balaban J connectivity index is 1.56. The lowest BCUT2D eigenvalue weighted by Crippen LogP contribution is -2.59. The van der Waals surface area contributed by atoms with Crippen LogP contribution in [-0.2, 0) is 64.6 Å². The second-order valence-corrected chi connectivity index (χ2v) is 15.9. The van der Waals surface area contributed by atoms with E-state index in [0.29, 0.717) is 38.8 Å². The molecule has 1 aliphatic heterocycles. The van der Waals surface area contributed by atoms with Crippen LogP contribution in [0.2, 0.25) is 0 Å². The van der Waals surface area contributed by atoms with Gasteiger partial charge in [-0.25, -0.2) is 9.36 Å². The lowest BCUT2D eigenvalue weighted by molar-refractivity contribution is -0.301. The van der Waals surface area contributed by atoms with E-state index in [2.05, 4.69) is 25.1 Å². The van der Waals surface area contributed by atoms with E-state index in [9.17, 15) is 44.3 Å². The fourth-order valence-electron chi connectivity index (χ4n) is 5.12. The molecule has 0 aromatic carbocycles. The molecule has 0 aliphatic carbocycles. The smallest absolute Gasteiger partial charge is 0.464 e. The fourth-order valence-corrected chi connectivity index (χ4v) is 6.00. The third kappa shape index (κ3) is 20.4. The van der Waals surface area contributed by atoms with Gasteiger partial charge < -0.3 is 59.1 Å². The van der Waals surface area contributed by atoms with Crippen molar-refractivity contribution in [2.75, 3.05) is 52.8 Å². The Labute approximate surface area is 330 Å². The highest BCUT2D eigenvalue weighted by Gasteiger charge is 2.44. The third-order valence-corrected chi connectivity index (χ3v) is 9.54. The van der Waals surface area contributed by atoms with Gasteiger partial charge in [-0.05, 0) is 59.8 Å². The first-order valence-electron chi connectivity index (χ1n) is 18.3. The van der Waals surface area contributed by atoms with Gasteiger partial charge in [0.25, 0.3) is 6.47 Å². The normalized spacial score (nSPS) is 21.9. The highest BCUT2D eigenvalue weighted by molar-refractivity contribution is 7.47. The minimum atomic E-state index is -4.58. The molecule has 2 unspecified atom stereocenters. The number of nitrogens with zero attached hydrogens (tertiary/aromatic N) is 3. The van der Waals surface area contributed by atoms with Crippen molar-refractivity contribution in [3.05, 3.63) is 11.9 Å². The van der Waals surface area contributed by atoms with E-state index in [4.69, 9.17) is 39.6 Å². The number of aliphatic hydroxyl groups excluding tert-OH is 4. The standard InChI is InChI=1S/C33H58ClN4O17P/c1-32(2,10-13-38-18-23(36-37-38)8-6-5-7-14-49-30-29(44)28(43)27(42)25(19-39)55-30)51-16-11-33(3,4)50-15-9-26(41)35-12-17-52-56(46,47)53-21-24(20-48-22-40)54-31(34)45/h18,22,24-25,27-30,39,42-44H,5-17,19-21H2,1-4H3,(H,35,41)(H,46,47)/t24-,25-,27+,28+,29-,30?/m1/s1. The summed E-state index contributed by atoms with van der Waals surface area (Å²) in [7, 11) is -4.58. The largest absolute Gasteiger partial charge is 0.472 e. The Morgan fingerprint density at radius 3 is 2.41 bits per heavy atom. The summed E-state index contributed by atoms with van der Waals surface area (Å²) >= 11 is 5.10. The molecular weight excluding hydrogens is 791 g/mol. The van der Waals surface area contributed by atoms with E-state index in [1.807, 2.05) is 33.9 Å². The SMILES string of the molecule is CC(C)(CCOC(C)(C)CCn1cc(CCCCCOC2O[C@H](CO)[C@H](O)[C@H](O)[C@H]2O)nn1)OCCC(=O)NCCOP(=O)(O)OC[C@@H](COC=O)OC(=O)Cl. The summed E-state index contributed by atoms with van der Waals surface area (Å²) in [5.41, 5.74) is -1.42. The van der Waals surface area contributed by atoms with Crippen LogP contribution >= 0.6 is 19.4 Å². The Hall–Kier alpha value is -2.37. The van der Waals surface area contributed by atoms with E-state index in [1.54, 1.807) is 4.68 Å². The number of nitrogens with one attached hydrogen (secondary N) is 1. The lowest BCUT2D eigenvalue weighted by atomic mass is 9.99. The van der Waals surface area contributed by atoms with Gasteiger partial charge in [-0.2, -0.15) is 0 Å². The molecule has 6 N–H and O–H groups in total. The molecule has 324 valence electrons. The maximum absolute atomic E-state index is 12.2. The summed E-state index contributed by atoms with van der Waals surface area (Å²) in [6.45, 7) is 7.18. The number of phosphoric ester groups is 1. The molecule has 1 saturated heterocycles. The zero-order valence-corrected chi connectivity index (χ0v) is 33.9. The van der Waals surface area contributed by atoms with Crippen LogP contribution in [0.4, 0.5) is 4.79 Å². The number of rotatable bonds is 30. The number of amides is 1. The minimum Gasteiger partial charge on any atom is -0.464 e. The topological polar surface area (TPSA) is 286 Å². The molecule has 0 saturated carbocycles. The van der Waals surface area contributed by atoms with E-state index in [-0.39, 0.29) is 45.2 Å². The molecule has 0 spiro atoms. The maximum atomic E-state index is 12.2. The molecule has 2 heterocycles. The monoisotopic (exact) mass is 848 g/mol. The highest BCUT2D eigenvalue weighted by Crippen LogP contribution is 2.43. The highest BCUT2D eigenvalue weighted by atomic mass is 35.5. The van der Waals surface area contributed by atoms with Gasteiger partial charge >= 0.3 is 13.3 Å². The van der Waals surface area contributed by atoms with Gasteiger partial charge in [0.15, 0.2) is 12.4 Å². The molecule has 1 amide bonds. The second kappa shape index (κ2) is 25.2. The van der Waals surface area contributed by atoms with Crippen molar-refractivity contribution in [3.63, 3.8) is 0 Å². The molecule has 1 fully saturated rings. The first-order chi connectivity index (χ1) is 26.4. The number of hydrogen-bond acceptors (Lipinski definition) is 18. The van der Waals surface area contributed by atoms with E-state index in [1.165, 1.54) is 0 Å². The summed E-state index contributed by atoms with van der Waals surface area (Å²) in [6, 6.07) is 0. The van der Waals surface area contributed by atoms with Gasteiger partial charge in [-0.15, -0.1) is 5.10 Å². The number of hydrogen-bond donors (Lipinski definition) is 6. The molecule has 0 bridgehead atoms. The van der Waals surface area contributed by atoms with Crippen LogP contribution in [0.25, 0.3) is 0 Å². The van der Waals surface area contributed by atoms with Gasteiger partial charge in [0, 0.05) is 43.9 Å². The Morgan fingerprint density at radius 2 is 1.71 bits per heavy atom. The quantitative estimate of drug-likeness (QED) is 0.0269. The maximum Gasteiger partial charge on any atom is 0.472 e. The predicted molar refractivity (Wildman–Crippen MR) is 194 cm³/mol. The first-order valence-corrected chi connectivity index (χ1v) is 20.1. The number of aliphatic hydroxyl groups is 4. The number of unbranched alkanes of at least 4 members (excludes halogenated alkanes) is 2. The zero-order valence-electron chi connectivity index (χ0n) is 32.2. The van der Waals surface area contributed by atoms with E-state index < -0.39 is 81.1 Å². The molecule has 56 heavy (non-hydrogen) atoms.